The van der Waals surface area contributed by atoms with Crippen molar-refractivity contribution in [2.45, 2.75) is 12.5 Å². The summed E-state index contributed by atoms with van der Waals surface area (Å²) < 4.78 is 0. The topological polar surface area (TPSA) is 54.2 Å². The largest absolute Gasteiger partial charge is 0.308 e. The fourth-order valence-corrected chi connectivity index (χ4v) is 2.22. The van der Waals surface area contributed by atoms with E-state index in [1.165, 1.54) is 10.9 Å². The summed E-state index contributed by atoms with van der Waals surface area (Å²) in [5.41, 5.74) is 5.20. The number of benzene rings is 1. The molecular formula is C14H20N4. The number of pyridine rings is 1. The molecule has 2 rings (SSSR count). The Balaban J connectivity index is 2.25. The van der Waals surface area contributed by atoms with Crippen LogP contribution in [0.3, 0.4) is 0 Å². The molecule has 1 unspecified atom stereocenters. The Morgan fingerprint density at radius 3 is 2.78 bits per heavy atom. The van der Waals surface area contributed by atoms with Crippen molar-refractivity contribution in [1.29, 1.82) is 0 Å². The van der Waals surface area contributed by atoms with E-state index in [0.717, 1.165) is 18.5 Å². The van der Waals surface area contributed by atoms with Gasteiger partial charge in [-0.1, -0.05) is 18.2 Å². The van der Waals surface area contributed by atoms with Gasteiger partial charge >= 0.3 is 0 Å². The van der Waals surface area contributed by atoms with Crippen molar-refractivity contribution < 1.29 is 0 Å². The third-order valence-corrected chi connectivity index (χ3v) is 3.03. The average molecular weight is 244 g/mol. The van der Waals surface area contributed by atoms with Crippen molar-refractivity contribution in [3.8, 4) is 0 Å². The molecule has 1 heterocycles. The predicted octanol–water partition coefficient (Wildman–Crippen LogP) is 1.17. The number of hydrogen-bond donors (Lipinski definition) is 2. The summed E-state index contributed by atoms with van der Waals surface area (Å²) in [6.07, 6.45) is 2.76. The number of rotatable bonds is 5. The minimum absolute atomic E-state index is 0.241. The summed E-state index contributed by atoms with van der Waals surface area (Å²) in [4.78, 5) is 6.51. The van der Waals surface area contributed by atoms with Crippen molar-refractivity contribution in [3.63, 3.8) is 0 Å². The zero-order chi connectivity index (χ0) is 13.0. The molecule has 3 N–H and O–H groups in total. The molecule has 4 nitrogen and oxygen atoms in total. The molecule has 0 amide bonds. The number of aromatic nitrogens is 1. The lowest BCUT2D eigenvalue weighted by Crippen LogP contribution is -2.43. The van der Waals surface area contributed by atoms with Crippen LogP contribution < -0.4 is 11.3 Å². The lowest BCUT2D eigenvalue weighted by Gasteiger charge is -2.20. The van der Waals surface area contributed by atoms with Crippen LogP contribution in [0.2, 0.25) is 0 Å². The van der Waals surface area contributed by atoms with Crippen molar-refractivity contribution >= 4 is 10.9 Å². The number of nitrogens with two attached hydrogens (primary N) is 1. The molecule has 0 aliphatic rings. The van der Waals surface area contributed by atoms with E-state index in [1.807, 2.05) is 24.4 Å². The van der Waals surface area contributed by atoms with Crippen LogP contribution in [0, 0.1) is 0 Å². The molecule has 0 aliphatic carbocycles. The molecule has 0 aliphatic heterocycles. The Labute approximate surface area is 108 Å². The Kier molecular flexibility index (Phi) is 4.25. The first kappa shape index (κ1) is 13.0. The second kappa shape index (κ2) is 5.91. The number of hydrazine groups is 1. The van der Waals surface area contributed by atoms with Crippen LogP contribution in [0.1, 0.15) is 5.56 Å². The Morgan fingerprint density at radius 2 is 2.06 bits per heavy atom. The van der Waals surface area contributed by atoms with Crippen LogP contribution >= 0.6 is 0 Å². The normalized spacial score (nSPS) is 13.1. The van der Waals surface area contributed by atoms with Gasteiger partial charge in [0.05, 0.1) is 5.52 Å². The molecule has 0 fully saturated rings. The highest BCUT2D eigenvalue weighted by molar-refractivity contribution is 5.81. The van der Waals surface area contributed by atoms with Gasteiger partial charge < -0.3 is 4.90 Å². The molecule has 0 spiro atoms. The highest BCUT2D eigenvalue weighted by Crippen LogP contribution is 2.17. The van der Waals surface area contributed by atoms with Gasteiger partial charge in [0, 0.05) is 24.2 Å². The number of fused-ring (bicyclic) bond motifs is 1. The molecule has 1 aromatic heterocycles. The molecule has 96 valence electrons. The molecule has 4 heteroatoms. The third kappa shape index (κ3) is 3.04. The highest BCUT2D eigenvalue weighted by Gasteiger charge is 2.11. The van der Waals surface area contributed by atoms with Crippen LogP contribution in [-0.4, -0.2) is 36.6 Å². The van der Waals surface area contributed by atoms with Crippen LogP contribution in [0.15, 0.2) is 36.5 Å². The van der Waals surface area contributed by atoms with E-state index in [-0.39, 0.29) is 6.04 Å². The number of para-hydroxylation sites is 1. The van der Waals surface area contributed by atoms with Gasteiger partial charge in [0.1, 0.15) is 0 Å². The van der Waals surface area contributed by atoms with E-state index in [2.05, 4.69) is 41.5 Å². The van der Waals surface area contributed by atoms with Gasteiger partial charge in [0.15, 0.2) is 0 Å². The molecule has 0 radical (unpaired) electrons. The van der Waals surface area contributed by atoms with E-state index in [9.17, 15) is 0 Å². The third-order valence-electron chi connectivity index (χ3n) is 3.03. The summed E-state index contributed by atoms with van der Waals surface area (Å²) in [5.74, 6) is 5.62. The van der Waals surface area contributed by atoms with Crippen LogP contribution in [-0.2, 0) is 6.42 Å². The van der Waals surface area contributed by atoms with Crippen LogP contribution in [0.4, 0.5) is 0 Å². The molecule has 0 saturated carbocycles. The monoisotopic (exact) mass is 244 g/mol. The minimum atomic E-state index is 0.241. The Hall–Kier alpha value is -1.49. The standard InChI is InChI=1S/C14H20N4/c1-18(2)10-12(17-15)9-11-7-8-16-14-6-4-3-5-13(11)14/h3-8,12,17H,9-10,15H2,1-2H3. The van der Waals surface area contributed by atoms with E-state index in [0.29, 0.717) is 0 Å². The Bertz CT molecular complexity index is 505. The van der Waals surface area contributed by atoms with E-state index in [1.54, 1.807) is 0 Å². The smallest absolute Gasteiger partial charge is 0.0704 e. The fraction of sp³-hybridized carbons (Fsp3) is 0.357. The predicted molar refractivity (Wildman–Crippen MR) is 75.1 cm³/mol. The van der Waals surface area contributed by atoms with Gasteiger partial charge in [-0.15, -0.1) is 0 Å². The van der Waals surface area contributed by atoms with E-state index >= 15 is 0 Å². The number of nitrogens with one attached hydrogen (secondary N) is 1. The highest BCUT2D eigenvalue weighted by atomic mass is 15.3. The number of nitrogens with zero attached hydrogens (tertiary/aromatic N) is 2. The summed E-state index contributed by atoms with van der Waals surface area (Å²) >= 11 is 0. The maximum Gasteiger partial charge on any atom is 0.0704 e. The minimum Gasteiger partial charge on any atom is -0.308 e. The second-order valence-corrected chi connectivity index (χ2v) is 4.82. The van der Waals surface area contributed by atoms with Crippen molar-refractivity contribution in [1.82, 2.24) is 15.3 Å². The lowest BCUT2D eigenvalue weighted by atomic mass is 10.0. The van der Waals surface area contributed by atoms with Crippen molar-refractivity contribution in [2.75, 3.05) is 20.6 Å². The van der Waals surface area contributed by atoms with Crippen molar-refractivity contribution in [2.24, 2.45) is 5.84 Å². The fourth-order valence-electron chi connectivity index (χ4n) is 2.22. The molecule has 0 saturated heterocycles. The van der Waals surface area contributed by atoms with E-state index in [4.69, 9.17) is 5.84 Å². The lowest BCUT2D eigenvalue weighted by molar-refractivity contribution is 0.338. The van der Waals surface area contributed by atoms with Gasteiger partial charge in [-0.05, 0) is 38.2 Å². The van der Waals surface area contributed by atoms with Crippen LogP contribution in [0.5, 0.6) is 0 Å². The summed E-state index contributed by atoms with van der Waals surface area (Å²) in [5, 5.41) is 1.21. The number of hydrogen-bond acceptors (Lipinski definition) is 4. The molecule has 1 aromatic carbocycles. The summed E-state index contributed by atoms with van der Waals surface area (Å²) in [6, 6.07) is 10.5. The van der Waals surface area contributed by atoms with Gasteiger partial charge in [-0.25, -0.2) is 0 Å². The first-order valence-corrected chi connectivity index (χ1v) is 6.14. The summed E-state index contributed by atoms with van der Waals surface area (Å²) in [6.45, 7) is 0.910. The van der Waals surface area contributed by atoms with Crippen molar-refractivity contribution in [3.05, 3.63) is 42.1 Å². The quantitative estimate of drug-likeness (QED) is 0.612. The first-order valence-electron chi connectivity index (χ1n) is 6.14. The first-order chi connectivity index (χ1) is 8.70. The molecule has 2 aromatic rings. The molecule has 18 heavy (non-hydrogen) atoms. The van der Waals surface area contributed by atoms with Gasteiger partial charge in [-0.3, -0.25) is 16.3 Å². The molecular weight excluding hydrogens is 224 g/mol. The summed E-state index contributed by atoms with van der Waals surface area (Å²) in [7, 11) is 4.10. The SMILES string of the molecule is CN(C)CC(Cc1ccnc2ccccc12)NN. The zero-order valence-corrected chi connectivity index (χ0v) is 10.9. The zero-order valence-electron chi connectivity index (χ0n) is 10.9. The Morgan fingerprint density at radius 1 is 1.28 bits per heavy atom. The van der Waals surface area contributed by atoms with Gasteiger partial charge in [0.2, 0.25) is 0 Å². The average Bonchev–Trinajstić information content (AvgIpc) is 2.38. The maximum absolute atomic E-state index is 5.62. The second-order valence-electron chi connectivity index (χ2n) is 4.82. The molecule has 1 atom stereocenters. The van der Waals surface area contributed by atoms with E-state index < -0.39 is 0 Å². The van der Waals surface area contributed by atoms with Gasteiger partial charge in [0.25, 0.3) is 0 Å². The maximum atomic E-state index is 5.62. The molecule has 0 bridgehead atoms. The van der Waals surface area contributed by atoms with Crippen LogP contribution in [0.25, 0.3) is 10.9 Å². The van der Waals surface area contributed by atoms with Gasteiger partial charge in [-0.2, -0.15) is 0 Å². The number of likely N-dealkylation sites (N-methyl/N-ethyl adjacent to an activating group) is 1.